The van der Waals surface area contributed by atoms with Crippen molar-refractivity contribution in [3.63, 3.8) is 0 Å². The van der Waals surface area contributed by atoms with Gasteiger partial charge in [-0.2, -0.15) is 0 Å². The summed E-state index contributed by atoms with van der Waals surface area (Å²) in [6, 6.07) is 0. The molecule has 8 nitrogen and oxygen atoms in total. The van der Waals surface area contributed by atoms with Crippen molar-refractivity contribution in [2.45, 2.75) is 12.2 Å². The first-order valence-electron chi connectivity index (χ1n) is 5.07. The van der Waals surface area contributed by atoms with Gasteiger partial charge in [-0.15, -0.1) is 5.10 Å². The lowest BCUT2D eigenvalue weighted by Crippen LogP contribution is -2.31. The van der Waals surface area contributed by atoms with Crippen LogP contribution in [0.5, 0.6) is 5.88 Å². The standard InChI is InChI=1S/C9H13N3O5/c1-11-3-6(12(13)14)9(10-11)17-8-5-16-4-7(8)15-2/h3,7-8H,4-5H2,1-2H3. The normalized spacial score (nSPS) is 23.9. The monoisotopic (exact) mass is 243 g/mol. The third-order valence-corrected chi connectivity index (χ3v) is 2.52. The Bertz CT molecular complexity index is 419. The minimum absolute atomic E-state index is 0.00458. The van der Waals surface area contributed by atoms with E-state index in [1.807, 2.05) is 0 Å². The highest BCUT2D eigenvalue weighted by Gasteiger charge is 2.33. The minimum atomic E-state index is -0.528. The molecule has 1 fully saturated rings. The van der Waals surface area contributed by atoms with Gasteiger partial charge in [0, 0.05) is 14.2 Å². The molecule has 0 radical (unpaired) electrons. The van der Waals surface area contributed by atoms with Gasteiger partial charge in [-0.25, -0.2) is 0 Å². The van der Waals surface area contributed by atoms with E-state index in [4.69, 9.17) is 14.2 Å². The van der Waals surface area contributed by atoms with Crippen LogP contribution in [0.3, 0.4) is 0 Å². The molecule has 8 heteroatoms. The Morgan fingerprint density at radius 2 is 2.29 bits per heavy atom. The molecular weight excluding hydrogens is 230 g/mol. The molecule has 94 valence electrons. The zero-order valence-corrected chi connectivity index (χ0v) is 9.53. The summed E-state index contributed by atoms with van der Waals surface area (Å²) >= 11 is 0. The first-order chi connectivity index (χ1) is 8.11. The molecule has 1 aromatic heterocycles. The van der Waals surface area contributed by atoms with Gasteiger partial charge in [0.15, 0.2) is 6.10 Å². The molecule has 0 saturated carbocycles. The molecule has 2 rings (SSSR count). The molecule has 0 N–H and O–H groups in total. The summed E-state index contributed by atoms with van der Waals surface area (Å²) in [7, 11) is 3.14. The average Bonchev–Trinajstić information content (AvgIpc) is 2.85. The summed E-state index contributed by atoms with van der Waals surface area (Å²) in [4.78, 5) is 10.2. The Kier molecular flexibility index (Phi) is 3.25. The highest BCUT2D eigenvalue weighted by Crippen LogP contribution is 2.27. The summed E-state index contributed by atoms with van der Waals surface area (Å²) < 4.78 is 17.1. The summed E-state index contributed by atoms with van der Waals surface area (Å²) in [5.74, 6) is -0.00458. The van der Waals surface area contributed by atoms with E-state index in [2.05, 4.69) is 5.10 Å². The smallest absolute Gasteiger partial charge is 0.350 e. The summed E-state index contributed by atoms with van der Waals surface area (Å²) in [5, 5.41) is 14.7. The number of rotatable bonds is 4. The Morgan fingerprint density at radius 3 is 2.94 bits per heavy atom. The van der Waals surface area contributed by atoms with E-state index in [1.54, 1.807) is 14.2 Å². The van der Waals surface area contributed by atoms with Gasteiger partial charge >= 0.3 is 11.6 Å². The molecule has 17 heavy (non-hydrogen) atoms. The third-order valence-electron chi connectivity index (χ3n) is 2.52. The van der Waals surface area contributed by atoms with Crippen molar-refractivity contribution < 1.29 is 19.1 Å². The number of aromatic nitrogens is 2. The van der Waals surface area contributed by atoms with Gasteiger partial charge in [-0.3, -0.25) is 14.8 Å². The molecule has 0 bridgehead atoms. The van der Waals surface area contributed by atoms with Gasteiger partial charge < -0.3 is 14.2 Å². The average molecular weight is 243 g/mol. The van der Waals surface area contributed by atoms with Gasteiger partial charge in [-0.1, -0.05) is 0 Å². The van der Waals surface area contributed by atoms with Crippen LogP contribution in [0.2, 0.25) is 0 Å². The van der Waals surface area contributed by atoms with Crippen LogP contribution >= 0.6 is 0 Å². The van der Waals surface area contributed by atoms with Crippen LogP contribution in [0.4, 0.5) is 5.69 Å². The molecule has 1 saturated heterocycles. The van der Waals surface area contributed by atoms with Crippen molar-refractivity contribution >= 4 is 5.69 Å². The van der Waals surface area contributed by atoms with Crippen LogP contribution in [0, 0.1) is 10.1 Å². The van der Waals surface area contributed by atoms with E-state index in [9.17, 15) is 10.1 Å². The molecule has 0 amide bonds. The molecule has 0 aliphatic carbocycles. The van der Waals surface area contributed by atoms with Gasteiger partial charge in [0.1, 0.15) is 12.3 Å². The molecule has 2 atom stereocenters. The van der Waals surface area contributed by atoms with E-state index in [0.29, 0.717) is 13.2 Å². The second kappa shape index (κ2) is 4.68. The quantitative estimate of drug-likeness (QED) is 0.551. The fourth-order valence-electron chi connectivity index (χ4n) is 1.65. The van der Waals surface area contributed by atoms with Crippen molar-refractivity contribution in [1.82, 2.24) is 9.78 Å². The Hall–Kier alpha value is -1.67. The number of hydrogen-bond acceptors (Lipinski definition) is 6. The minimum Gasteiger partial charge on any atom is -0.463 e. The molecular formula is C9H13N3O5. The molecule has 2 unspecified atom stereocenters. The Morgan fingerprint density at radius 1 is 1.59 bits per heavy atom. The first-order valence-corrected chi connectivity index (χ1v) is 5.07. The Labute approximate surface area is 97.2 Å². The molecule has 0 aromatic carbocycles. The van der Waals surface area contributed by atoms with Gasteiger partial charge in [0.25, 0.3) is 0 Å². The van der Waals surface area contributed by atoms with Crippen molar-refractivity contribution in [3.05, 3.63) is 16.3 Å². The number of methoxy groups -OCH3 is 1. The zero-order chi connectivity index (χ0) is 12.4. The van der Waals surface area contributed by atoms with E-state index in [-0.39, 0.29) is 23.8 Å². The van der Waals surface area contributed by atoms with E-state index >= 15 is 0 Å². The molecule has 0 spiro atoms. The van der Waals surface area contributed by atoms with Crippen molar-refractivity contribution in [3.8, 4) is 5.88 Å². The molecule has 1 aliphatic rings. The Balaban J connectivity index is 2.15. The summed E-state index contributed by atoms with van der Waals surface area (Å²) in [6.45, 7) is 0.758. The third kappa shape index (κ3) is 2.37. The summed E-state index contributed by atoms with van der Waals surface area (Å²) in [6.07, 6.45) is 0.706. The number of nitrogens with zero attached hydrogens (tertiary/aromatic N) is 3. The topological polar surface area (TPSA) is 88.7 Å². The van der Waals surface area contributed by atoms with Crippen LogP contribution in [0.15, 0.2) is 6.20 Å². The number of ether oxygens (including phenoxy) is 3. The highest BCUT2D eigenvalue weighted by atomic mass is 16.6. The lowest BCUT2D eigenvalue weighted by atomic mass is 10.2. The van der Waals surface area contributed by atoms with Gasteiger partial charge in [0.05, 0.1) is 18.1 Å². The zero-order valence-electron chi connectivity index (χ0n) is 9.53. The van der Waals surface area contributed by atoms with Gasteiger partial charge in [0.2, 0.25) is 0 Å². The van der Waals surface area contributed by atoms with Crippen molar-refractivity contribution in [1.29, 1.82) is 0 Å². The van der Waals surface area contributed by atoms with E-state index < -0.39 is 4.92 Å². The maximum Gasteiger partial charge on any atom is 0.350 e. The van der Waals surface area contributed by atoms with Crippen LogP contribution in [0.1, 0.15) is 0 Å². The lowest BCUT2D eigenvalue weighted by molar-refractivity contribution is -0.386. The maximum absolute atomic E-state index is 10.8. The SMILES string of the molecule is COC1COCC1Oc1nn(C)cc1[N+](=O)[O-]. The first kappa shape index (κ1) is 11.8. The largest absolute Gasteiger partial charge is 0.463 e. The highest BCUT2D eigenvalue weighted by molar-refractivity contribution is 5.38. The molecule has 2 heterocycles. The van der Waals surface area contributed by atoms with Crippen LogP contribution in [-0.4, -0.2) is 47.2 Å². The second-order valence-corrected chi connectivity index (χ2v) is 3.72. The fraction of sp³-hybridized carbons (Fsp3) is 0.667. The number of hydrogen-bond donors (Lipinski definition) is 0. The lowest BCUT2D eigenvalue weighted by Gasteiger charge is -2.15. The van der Waals surface area contributed by atoms with Crippen molar-refractivity contribution in [2.24, 2.45) is 7.05 Å². The van der Waals surface area contributed by atoms with Crippen LogP contribution < -0.4 is 4.74 Å². The summed E-state index contributed by atoms with van der Waals surface area (Å²) in [5.41, 5.74) is -0.158. The fourth-order valence-corrected chi connectivity index (χ4v) is 1.65. The van der Waals surface area contributed by atoms with E-state index in [1.165, 1.54) is 10.9 Å². The predicted octanol–water partition coefficient (Wildman–Crippen LogP) is 0.121. The number of aryl methyl sites for hydroxylation is 1. The van der Waals surface area contributed by atoms with Gasteiger partial charge in [-0.05, 0) is 0 Å². The second-order valence-electron chi connectivity index (χ2n) is 3.72. The maximum atomic E-state index is 10.8. The number of nitro groups is 1. The predicted molar refractivity (Wildman–Crippen MR) is 55.9 cm³/mol. The van der Waals surface area contributed by atoms with Crippen molar-refractivity contribution in [2.75, 3.05) is 20.3 Å². The van der Waals surface area contributed by atoms with E-state index in [0.717, 1.165) is 0 Å². The molecule has 1 aliphatic heterocycles. The van der Waals surface area contributed by atoms with Crippen LogP contribution in [-0.2, 0) is 16.5 Å². The van der Waals surface area contributed by atoms with Crippen LogP contribution in [0.25, 0.3) is 0 Å². The molecule has 1 aromatic rings.